The molecule has 4 heteroatoms. The number of rotatable bonds is 4. The first kappa shape index (κ1) is 13.3. The maximum atomic E-state index is 12.3. The second-order valence-corrected chi connectivity index (χ2v) is 6.14. The van der Waals surface area contributed by atoms with E-state index in [0.29, 0.717) is 6.61 Å². The van der Waals surface area contributed by atoms with Gasteiger partial charge in [0.25, 0.3) is 5.91 Å². The summed E-state index contributed by atoms with van der Waals surface area (Å²) >= 11 is 1.63. The number of carbonyl (C=O) groups excluding carboxylic acids is 1. The summed E-state index contributed by atoms with van der Waals surface area (Å²) < 4.78 is 5.10. The quantitative estimate of drug-likeness (QED) is 0.932. The standard InChI is InChI=1S/C16H17NO2S/c1-19-10-11-4-2-6-13(8-11)17-16(18)15-9-12-5-3-7-14(12)20-15/h2,4,6,8-9H,3,5,7,10H2,1H3,(H,17,18). The van der Waals surface area contributed by atoms with Gasteiger partial charge in [-0.1, -0.05) is 12.1 Å². The SMILES string of the molecule is COCc1cccc(NC(=O)c2cc3c(s2)CCC3)c1. The summed E-state index contributed by atoms with van der Waals surface area (Å²) in [6.07, 6.45) is 3.46. The highest BCUT2D eigenvalue weighted by molar-refractivity contribution is 7.14. The molecular weight excluding hydrogens is 270 g/mol. The number of anilines is 1. The van der Waals surface area contributed by atoms with Crippen molar-refractivity contribution in [2.45, 2.75) is 25.9 Å². The molecule has 0 unspecified atom stereocenters. The van der Waals surface area contributed by atoms with E-state index >= 15 is 0 Å². The third kappa shape index (κ3) is 2.76. The number of aryl methyl sites for hydroxylation is 2. The molecule has 0 saturated carbocycles. The molecule has 1 aliphatic rings. The topological polar surface area (TPSA) is 38.3 Å². The zero-order chi connectivity index (χ0) is 13.9. The van der Waals surface area contributed by atoms with Gasteiger partial charge in [-0.15, -0.1) is 11.3 Å². The second-order valence-electron chi connectivity index (χ2n) is 5.00. The van der Waals surface area contributed by atoms with E-state index < -0.39 is 0 Å². The Kier molecular flexibility index (Phi) is 3.85. The van der Waals surface area contributed by atoms with Gasteiger partial charge in [-0.05, 0) is 48.6 Å². The first-order valence-electron chi connectivity index (χ1n) is 6.77. The molecule has 3 nitrogen and oxygen atoms in total. The highest BCUT2D eigenvalue weighted by atomic mass is 32.1. The van der Waals surface area contributed by atoms with Crippen molar-refractivity contribution in [3.63, 3.8) is 0 Å². The van der Waals surface area contributed by atoms with Crippen molar-refractivity contribution in [3.05, 3.63) is 51.2 Å². The van der Waals surface area contributed by atoms with E-state index in [0.717, 1.165) is 29.0 Å². The number of amides is 1. The predicted octanol–water partition coefficient (Wildman–Crippen LogP) is 3.64. The minimum Gasteiger partial charge on any atom is -0.380 e. The molecule has 0 aliphatic heterocycles. The van der Waals surface area contributed by atoms with Crippen LogP contribution in [0.2, 0.25) is 0 Å². The van der Waals surface area contributed by atoms with Crippen molar-refractivity contribution >= 4 is 22.9 Å². The Hall–Kier alpha value is -1.65. The van der Waals surface area contributed by atoms with Gasteiger partial charge in [-0.25, -0.2) is 0 Å². The number of hydrogen-bond acceptors (Lipinski definition) is 3. The van der Waals surface area contributed by atoms with E-state index in [1.54, 1.807) is 18.4 Å². The lowest BCUT2D eigenvalue weighted by molar-refractivity contribution is 0.103. The van der Waals surface area contributed by atoms with Crippen LogP contribution in [0.1, 0.15) is 32.1 Å². The fourth-order valence-corrected chi connectivity index (χ4v) is 3.69. The molecule has 1 N–H and O–H groups in total. The number of fused-ring (bicyclic) bond motifs is 1. The molecule has 20 heavy (non-hydrogen) atoms. The van der Waals surface area contributed by atoms with Crippen LogP contribution in [-0.4, -0.2) is 13.0 Å². The first-order valence-corrected chi connectivity index (χ1v) is 7.59. The van der Waals surface area contributed by atoms with Crippen molar-refractivity contribution in [3.8, 4) is 0 Å². The fraction of sp³-hybridized carbons (Fsp3) is 0.312. The van der Waals surface area contributed by atoms with Gasteiger partial charge in [0.2, 0.25) is 0 Å². The normalized spacial score (nSPS) is 13.2. The Labute approximate surface area is 122 Å². The summed E-state index contributed by atoms with van der Waals surface area (Å²) in [5.41, 5.74) is 3.23. The van der Waals surface area contributed by atoms with Crippen LogP contribution in [-0.2, 0) is 24.2 Å². The van der Waals surface area contributed by atoms with E-state index in [4.69, 9.17) is 4.74 Å². The Morgan fingerprint density at radius 3 is 3.05 bits per heavy atom. The Balaban J connectivity index is 1.73. The van der Waals surface area contributed by atoms with E-state index in [9.17, 15) is 4.79 Å². The predicted molar refractivity (Wildman–Crippen MR) is 81.5 cm³/mol. The van der Waals surface area contributed by atoms with Crippen molar-refractivity contribution < 1.29 is 9.53 Å². The third-order valence-electron chi connectivity index (χ3n) is 3.47. The molecule has 1 aromatic heterocycles. The van der Waals surface area contributed by atoms with Crippen LogP contribution in [0.3, 0.4) is 0 Å². The molecule has 1 aromatic carbocycles. The molecule has 0 fully saturated rings. The van der Waals surface area contributed by atoms with Gasteiger partial charge >= 0.3 is 0 Å². The lowest BCUT2D eigenvalue weighted by atomic mass is 10.2. The maximum Gasteiger partial charge on any atom is 0.265 e. The van der Waals surface area contributed by atoms with E-state index in [2.05, 4.69) is 5.32 Å². The van der Waals surface area contributed by atoms with Crippen LogP contribution in [0.15, 0.2) is 30.3 Å². The number of ether oxygens (including phenoxy) is 1. The van der Waals surface area contributed by atoms with Crippen LogP contribution in [0.5, 0.6) is 0 Å². The van der Waals surface area contributed by atoms with Gasteiger partial charge in [-0.2, -0.15) is 0 Å². The monoisotopic (exact) mass is 287 g/mol. The molecule has 0 radical (unpaired) electrons. The summed E-state index contributed by atoms with van der Waals surface area (Å²) in [6, 6.07) is 9.81. The van der Waals surface area contributed by atoms with Crippen molar-refractivity contribution in [1.29, 1.82) is 0 Å². The lowest BCUT2D eigenvalue weighted by Crippen LogP contribution is -2.10. The molecule has 0 saturated heterocycles. The zero-order valence-corrected chi connectivity index (χ0v) is 12.3. The van der Waals surface area contributed by atoms with Gasteiger partial charge in [0.15, 0.2) is 0 Å². The van der Waals surface area contributed by atoms with Crippen LogP contribution in [0, 0.1) is 0 Å². The molecule has 1 aliphatic carbocycles. The number of benzene rings is 1. The van der Waals surface area contributed by atoms with Crippen molar-refractivity contribution in [2.24, 2.45) is 0 Å². The minimum atomic E-state index is -0.0148. The Morgan fingerprint density at radius 1 is 1.35 bits per heavy atom. The molecule has 0 spiro atoms. The van der Waals surface area contributed by atoms with E-state index in [1.165, 1.54) is 16.9 Å². The molecule has 1 heterocycles. The number of hydrogen-bond donors (Lipinski definition) is 1. The molecule has 2 aromatic rings. The highest BCUT2D eigenvalue weighted by Crippen LogP contribution is 2.31. The Bertz CT molecular complexity index is 612. The molecule has 0 atom stereocenters. The molecule has 0 bridgehead atoms. The first-order chi connectivity index (χ1) is 9.76. The van der Waals surface area contributed by atoms with Crippen LogP contribution in [0.4, 0.5) is 5.69 Å². The van der Waals surface area contributed by atoms with Crippen LogP contribution >= 0.6 is 11.3 Å². The van der Waals surface area contributed by atoms with Crippen molar-refractivity contribution in [1.82, 2.24) is 0 Å². The summed E-state index contributed by atoms with van der Waals surface area (Å²) in [6.45, 7) is 0.553. The Morgan fingerprint density at radius 2 is 2.25 bits per heavy atom. The average molecular weight is 287 g/mol. The minimum absolute atomic E-state index is 0.0148. The molecule has 104 valence electrons. The molecule has 3 rings (SSSR count). The second kappa shape index (κ2) is 5.77. The number of nitrogens with one attached hydrogen (secondary N) is 1. The van der Waals surface area contributed by atoms with Gasteiger partial charge < -0.3 is 10.1 Å². The summed E-state index contributed by atoms with van der Waals surface area (Å²) in [5, 5.41) is 2.96. The highest BCUT2D eigenvalue weighted by Gasteiger charge is 2.18. The smallest absolute Gasteiger partial charge is 0.265 e. The van der Waals surface area contributed by atoms with Crippen molar-refractivity contribution in [2.75, 3.05) is 12.4 Å². The fourth-order valence-electron chi connectivity index (χ4n) is 2.54. The van der Waals surface area contributed by atoms with Gasteiger partial charge in [0, 0.05) is 17.7 Å². The third-order valence-corrected chi connectivity index (χ3v) is 4.70. The van der Waals surface area contributed by atoms with Gasteiger partial charge in [0.1, 0.15) is 0 Å². The average Bonchev–Trinajstić information content (AvgIpc) is 3.00. The van der Waals surface area contributed by atoms with Gasteiger partial charge in [-0.3, -0.25) is 4.79 Å². The molecular formula is C16H17NO2S. The summed E-state index contributed by atoms with van der Waals surface area (Å²) in [5.74, 6) is -0.0148. The van der Waals surface area contributed by atoms with Crippen LogP contribution < -0.4 is 5.32 Å². The summed E-state index contributed by atoms with van der Waals surface area (Å²) in [4.78, 5) is 14.4. The van der Waals surface area contributed by atoms with Gasteiger partial charge in [0.05, 0.1) is 11.5 Å². The maximum absolute atomic E-state index is 12.3. The zero-order valence-electron chi connectivity index (χ0n) is 11.4. The largest absolute Gasteiger partial charge is 0.380 e. The lowest BCUT2D eigenvalue weighted by Gasteiger charge is -2.06. The van der Waals surface area contributed by atoms with E-state index in [1.807, 2.05) is 30.3 Å². The number of methoxy groups -OCH3 is 1. The van der Waals surface area contributed by atoms with Crippen LogP contribution in [0.25, 0.3) is 0 Å². The molecule has 1 amide bonds. The summed E-state index contributed by atoms with van der Waals surface area (Å²) in [7, 11) is 1.67. The van der Waals surface area contributed by atoms with E-state index in [-0.39, 0.29) is 5.91 Å². The number of thiophene rings is 1. The number of carbonyl (C=O) groups is 1.